The summed E-state index contributed by atoms with van der Waals surface area (Å²) in [7, 11) is 0. The van der Waals surface area contributed by atoms with Crippen molar-refractivity contribution in [3.63, 3.8) is 0 Å². The Kier molecular flexibility index (Phi) is 5.88. The van der Waals surface area contributed by atoms with Crippen molar-refractivity contribution in [1.29, 1.82) is 0 Å². The van der Waals surface area contributed by atoms with Gasteiger partial charge in [0.05, 0.1) is 12.0 Å². The molecule has 3 unspecified atom stereocenters. The lowest BCUT2D eigenvalue weighted by molar-refractivity contribution is -0.186. The van der Waals surface area contributed by atoms with Gasteiger partial charge < -0.3 is 5.32 Å². The number of amides is 1. The van der Waals surface area contributed by atoms with E-state index in [0.717, 1.165) is 16.7 Å². The number of carbonyl (C=O) groups is 1. The molecule has 5 heteroatoms. The summed E-state index contributed by atoms with van der Waals surface area (Å²) < 4.78 is 39.2. The lowest BCUT2D eigenvalue weighted by Gasteiger charge is -2.31. The van der Waals surface area contributed by atoms with Crippen molar-refractivity contribution in [3.05, 3.63) is 71.3 Å². The Labute approximate surface area is 157 Å². The molecule has 27 heavy (non-hydrogen) atoms. The van der Waals surface area contributed by atoms with E-state index in [9.17, 15) is 18.0 Å². The quantitative estimate of drug-likeness (QED) is 0.744. The molecular formula is C22H24F3NO. The summed E-state index contributed by atoms with van der Waals surface area (Å²) in [5, 5.41) is 3.00. The number of rotatable bonds is 4. The summed E-state index contributed by atoms with van der Waals surface area (Å²) in [6.45, 7) is 1.99. The van der Waals surface area contributed by atoms with Crippen LogP contribution in [0.15, 0.2) is 54.6 Å². The van der Waals surface area contributed by atoms with Crippen LogP contribution in [0.25, 0.3) is 0 Å². The number of benzene rings is 2. The molecule has 2 aromatic rings. The van der Waals surface area contributed by atoms with Crippen molar-refractivity contribution in [2.45, 2.75) is 44.8 Å². The molecule has 0 aliphatic heterocycles. The van der Waals surface area contributed by atoms with Crippen molar-refractivity contribution in [2.75, 3.05) is 0 Å². The summed E-state index contributed by atoms with van der Waals surface area (Å²) in [5.74, 6) is -2.27. The van der Waals surface area contributed by atoms with E-state index in [1.165, 1.54) is 0 Å². The number of alkyl halides is 3. The fourth-order valence-electron chi connectivity index (χ4n) is 3.75. The monoisotopic (exact) mass is 375 g/mol. The SMILES string of the molecule is Cc1ccc(C(NC(=O)C2CCCC(C(F)(F)F)C2)c2ccccc2)cc1. The first-order valence-electron chi connectivity index (χ1n) is 9.33. The molecule has 1 amide bonds. The molecule has 0 spiro atoms. The van der Waals surface area contributed by atoms with Gasteiger partial charge in [0.2, 0.25) is 5.91 Å². The van der Waals surface area contributed by atoms with Crippen LogP contribution in [-0.2, 0) is 4.79 Å². The van der Waals surface area contributed by atoms with Gasteiger partial charge in [-0.2, -0.15) is 13.2 Å². The lowest BCUT2D eigenvalue weighted by Crippen LogP contribution is -2.39. The second-order valence-corrected chi connectivity index (χ2v) is 7.37. The molecule has 1 aliphatic carbocycles. The number of carbonyl (C=O) groups excluding carboxylic acids is 1. The molecule has 3 rings (SSSR count). The number of nitrogens with one attached hydrogen (secondary N) is 1. The van der Waals surface area contributed by atoms with Gasteiger partial charge in [0.1, 0.15) is 0 Å². The topological polar surface area (TPSA) is 29.1 Å². The molecule has 0 saturated heterocycles. The fraction of sp³-hybridized carbons (Fsp3) is 0.409. The highest BCUT2D eigenvalue weighted by Gasteiger charge is 2.43. The van der Waals surface area contributed by atoms with Crippen LogP contribution in [0, 0.1) is 18.8 Å². The third-order valence-electron chi connectivity index (χ3n) is 5.34. The van der Waals surface area contributed by atoms with Crippen LogP contribution >= 0.6 is 0 Å². The average molecular weight is 375 g/mol. The smallest absolute Gasteiger partial charge is 0.345 e. The molecule has 0 aromatic heterocycles. The molecule has 3 atom stereocenters. The van der Waals surface area contributed by atoms with Crippen LogP contribution in [0.2, 0.25) is 0 Å². The van der Waals surface area contributed by atoms with E-state index in [2.05, 4.69) is 5.32 Å². The van der Waals surface area contributed by atoms with Crippen molar-refractivity contribution in [3.8, 4) is 0 Å². The van der Waals surface area contributed by atoms with E-state index in [0.29, 0.717) is 12.8 Å². The molecular weight excluding hydrogens is 351 g/mol. The number of halogens is 3. The number of hydrogen-bond acceptors (Lipinski definition) is 1. The van der Waals surface area contributed by atoms with E-state index in [4.69, 9.17) is 0 Å². The summed E-state index contributed by atoms with van der Waals surface area (Å²) >= 11 is 0. The van der Waals surface area contributed by atoms with Crippen LogP contribution in [-0.4, -0.2) is 12.1 Å². The van der Waals surface area contributed by atoms with Crippen molar-refractivity contribution in [1.82, 2.24) is 5.32 Å². The van der Waals surface area contributed by atoms with E-state index < -0.39 is 18.0 Å². The van der Waals surface area contributed by atoms with Crippen LogP contribution in [0.3, 0.4) is 0 Å². The first kappa shape index (κ1) is 19.5. The molecule has 1 saturated carbocycles. The predicted octanol–water partition coefficient (Wildman–Crippen LogP) is 5.57. The van der Waals surface area contributed by atoms with Gasteiger partial charge in [-0.15, -0.1) is 0 Å². The highest BCUT2D eigenvalue weighted by Crippen LogP contribution is 2.40. The van der Waals surface area contributed by atoms with Crippen LogP contribution in [0.5, 0.6) is 0 Å². The second-order valence-electron chi connectivity index (χ2n) is 7.37. The normalized spacial score (nSPS) is 21.5. The minimum Gasteiger partial charge on any atom is -0.345 e. The second kappa shape index (κ2) is 8.15. The molecule has 0 heterocycles. The van der Waals surface area contributed by atoms with Crippen LogP contribution < -0.4 is 5.32 Å². The van der Waals surface area contributed by atoms with Gasteiger partial charge in [-0.1, -0.05) is 66.6 Å². The molecule has 0 radical (unpaired) electrons. The summed E-state index contributed by atoms with van der Waals surface area (Å²) in [5.41, 5.74) is 2.94. The highest BCUT2D eigenvalue weighted by atomic mass is 19.4. The maximum Gasteiger partial charge on any atom is 0.391 e. The van der Waals surface area contributed by atoms with Crippen LogP contribution in [0.4, 0.5) is 13.2 Å². The minimum absolute atomic E-state index is 0.118. The van der Waals surface area contributed by atoms with E-state index in [1.54, 1.807) is 0 Å². The molecule has 2 aromatic carbocycles. The third kappa shape index (κ3) is 4.90. The Hall–Kier alpha value is -2.30. The zero-order valence-corrected chi connectivity index (χ0v) is 15.3. The van der Waals surface area contributed by atoms with Gasteiger partial charge in [-0.25, -0.2) is 0 Å². The molecule has 1 N–H and O–H groups in total. The zero-order valence-electron chi connectivity index (χ0n) is 15.3. The maximum atomic E-state index is 13.1. The Bertz CT molecular complexity index is 755. The minimum atomic E-state index is -4.23. The molecule has 0 bridgehead atoms. The molecule has 1 aliphatic rings. The van der Waals surface area contributed by atoms with E-state index >= 15 is 0 Å². The van der Waals surface area contributed by atoms with Crippen molar-refractivity contribution < 1.29 is 18.0 Å². The van der Waals surface area contributed by atoms with Gasteiger partial charge >= 0.3 is 6.18 Å². The Morgan fingerprint density at radius 1 is 1.00 bits per heavy atom. The highest BCUT2D eigenvalue weighted by molar-refractivity contribution is 5.79. The maximum absolute atomic E-state index is 13.1. The predicted molar refractivity (Wildman–Crippen MR) is 99.1 cm³/mol. The fourth-order valence-corrected chi connectivity index (χ4v) is 3.75. The van der Waals surface area contributed by atoms with Gasteiger partial charge in [0.15, 0.2) is 0 Å². The van der Waals surface area contributed by atoms with Gasteiger partial charge in [-0.3, -0.25) is 4.79 Å². The van der Waals surface area contributed by atoms with Gasteiger partial charge in [-0.05, 0) is 37.3 Å². The summed E-state index contributed by atoms with van der Waals surface area (Å²) in [6, 6.07) is 17.0. The largest absolute Gasteiger partial charge is 0.391 e. The number of hydrogen-bond donors (Lipinski definition) is 1. The molecule has 144 valence electrons. The van der Waals surface area contributed by atoms with Crippen molar-refractivity contribution >= 4 is 5.91 Å². The summed E-state index contributed by atoms with van der Waals surface area (Å²) in [4.78, 5) is 12.8. The summed E-state index contributed by atoms with van der Waals surface area (Å²) in [6.07, 6.45) is -3.29. The lowest BCUT2D eigenvalue weighted by atomic mass is 9.80. The number of aryl methyl sites for hydroxylation is 1. The first-order chi connectivity index (χ1) is 12.8. The van der Waals surface area contributed by atoms with Gasteiger partial charge in [0, 0.05) is 5.92 Å². The van der Waals surface area contributed by atoms with E-state index in [1.807, 2.05) is 61.5 Å². The first-order valence-corrected chi connectivity index (χ1v) is 9.33. The average Bonchev–Trinajstić information content (AvgIpc) is 2.67. The third-order valence-corrected chi connectivity index (χ3v) is 5.34. The Morgan fingerprint density at radius 3 is 2.26 bits per heavy atom. The van der Waals surface area contributed by atoms with Crippen LogP contribution in [0.1, 0.15) is 48.4 Å². The molecule has 1 fully saturated rings. The Balaban J connectivity index is 1.79. The zero-order chi connectivity index (χ0) is 19.4. The standard InChI is InChI=1S/C22H24F3NO/c1-15-10-12-17(13-11-15)20(16-6-3-2-4-7-16)26-21(27)18-8-5-9-19(14-18)22(23,24)25/h2-4,6-7,10-13,18-20H,5,8-9,14H2,1H3,(H,26,27). The van der Waals surface area contributed by atoms with Gasteiger partial charge in [0.25, 0.3) is 0 Å². The Morgan fingerprint density at radius 2 is 1.63 bits per heavy atom. The van der Waals surface area contributed by atoms with Crippen molar-refractivity contribution in [2.24, 2.45) is 11.8 Å². The molecule has 2 nitrogen and oxygen atoms in total. The van der Waals surface area contributed by atoms with E-state index in [-0.39, 0.29) is 24.8 Å².